The van der Waals surface area contributed by atoms with E-state index in [1.807, 2.05) is 11.3 Å². The van der Waals surface area contributed by atoms with Gasteiger partial charge in [-0.25, -0.2) is 0 Å². The van der Waals surface area contributed by atoms with Crippen LogP contribution >= 0.6 is 11.3 Å². The van der Waals surface area contributed by atoms with Crippen LogP contribution in [0.25, 0.3) is 0 Å². The normalized spacial score (nSPS) is 19.7. The molecule has 0 aromatic carbocycles. The van der Waals surface area contributed by atoms with Gasteiger partial charge in [0.2, 0.25) is 0 Å². The van der Waals surface area contributed by atoms with Crippen LogP contribution in [0.4, 0.5) is 0 Å². The summed E-state index contributed by atoms with van der Waals surface area (Å²) in [6.45, 7) is 4.61. The molecule has 1 N–H and O–H groups in total. The van der Waals surface area contributed by atoms with Gasteiger partial charge in [0.25, 0.3) is 0 Å². The minimum Gasteiger partial charge on any atom is -0.317 e. The van der Waals surface area contributed by atoms with Gasteiger partial charge in [-0.3, -0.25) is 0 Å². The van der Waals surface area contributed by atoms with Crippen LogP contribution in [-0.4, -0.2) is 13.1 Å². The van der Waals surface area contributed by atoms with Crippen molar-refractivity contribution in [3.05, 3.63) is 21.9 Å². The van der Waals surface area contributed by atoms with Crippen molar-refractivity contribution in [1.82, 2.24) is 5.32 Å². The maximum Gasteiger partial charge on any atom is 0.0102 e. The molecule has 2 rings (SSSR count). The monoisotopic (exact) mass is 237 g/mol. The fourth-order valence-electron chi connectivity index (χ4n) is 2.22. The van der Waals surface area contributed by atoms with Crippen molar-refractivity contribution >= 4 is 11.3 Å². The fourth-order valence-corrected chi connectivity index (χ4v) is 3.23. The van der Waals surface area contributed by atoms with Crippen molar-refractivity contribution < 1.29 is 0 Å². The molecule has 2 heteroatoms. The van der Waals surface area contributed by atoms with Crippen molar-refractivity contribution in [1.29, 1.82) is 0 Å². The third-order valence-corrected chi connectivity index (χ3v) is 4.95. The van der Waals surface area contributed by atoms with E-state index < -0.39 is 0 Å². The van der Waals surface area contributed by atoms with E-state index in [4.69, 9.17) is 0 Å². The van der Waals surface area contributed by atoms with Crippen molar-refractivity contribution in [2.24, 2.45) is 5.92 Å². The summed E-state index contributed by atoms with van der Waals surface area (Å²) >= 11 is 1.95. The summed E-state index contributed by atoms with van der Waals surface area (Å²) in [6.07, 6.45) is 5.67. The smallest absolute Gasteiger partial charge is 0.0102 e. The van der Waals surface area contributed by atoms with E-state index >= 15 is 0 Å². The number of hydrogen-bond donors (Lipinski definition) is 1. The van der Waals surface area contributed by atoms with Gasteiger partial charge in [-0.1, -0.05) is 19.8 Å². The molecule has 1 heterocycles. The van der Waals surface area contributed by atoms with Crippen LogP contribution in [0.1, 0.15) is 49.5 Å². The van der Waals surface area contributed by atoms with E-state index in [1.165, 1.54) is 25.7 Å². The molecule has 16 heavy (non-hydrogen) atoms. The largest absolute Gasteiger partial charge is 0.317 e. The number of thiophene rings is 1. The Balaban J connectivity index is 1.98. The quantitative estimate of drug-likeness (QED) is 0.793. The van der Waals surface area contributed by atoms with Crippen LogP contribution in [-0.2, 0) is 6.42 Å². The second-order valence-electron chi connectivity index (χ2n) is 5.15. The summed E-state index contributed by atoms with van der Waals surface area (Å²) in [6, 6.07) is 2.89. The Morgan fingerprint density at radius 2 is 2.19 bits per heavy atom. The molecular weight excluding hydrogens is 214 g/mol. The average Bonchev–Trinajstić information content (AvgIpc) is 3.02. The number of nitrogens with one attached hydrogen (secondary N) is 1. The summed E-state index contributed by atoms with van der Waals surface area (Å²) in [5.74, 6) is 1.68. The minimum atomic E-state index is 0.564. The van der Waals surface area contributed by atoms with E-state index in [1.54, 1.807) is 10.4 Å². The maximum atomic E-state index is 3.36. The van der Waals surface area contributed by atoms with Crippen molar-refractivity contribution in [2.75, 3.05) is 7.05 Å². The van der Waals surface area contributed by atoms with Crippen LogP contribution in [0.5, 0.6) is 0 Å². The molecule has 1 aliphatic rings. The summed E-state index contributed by atoms with van der Waals surface area (Å²) in [4.78, 5) is 1.63. The molecule has 0 spiro atoms. The molecule has 0 radical (unpaired) electrons. The standard InChI is InChI=1S/C14H23NS/c1-10(11(2)15-3)13-8-9-16-14(13)7-6-12-4-5-12/h8-12,15H,4-7H2,1-3H3/t10-,11+/m0/s1. The van der Waals surface area contributed by atoms with Crippen LogP contribution in [0.2, 0.25) is 0 Å². The highest BCUT2D eigenvalue weighted by atomic mass is 32.1. The van der Waals surface area contributed by atoms with Gasteiger partial charge in [0.1, 0.15) is 0 Å². The predicted octanol–water partition coefficient (Wildman–Crippen LogP) is 3.80. The van der Waals surface area contributed by atoms with Gasteiger partial charge in [-0.2, -0.15) is 0 Å². The molecule has 0 amide bonds. The second-order valence-corrected chi connectivity index (χ2v) is 6.15. The van der Waals surface area contributed by atoms with E-state index in [-0.39, 0.29) is 0 Å². The predicted molar refractivity (Wildman–Crippen MR) is 72.3 cm³/mol. The molecule has 1 fully saturated rings. The molecule has 1 saturated carbocycles. The lowest BCUT2D eigenvalue weighted by Crippen LogP contribution is -2.27. The molecule has 1 aliphatic carbocycles. The highest BCUT2D eigenvalue weighted by Gasteiger charge is 2.22. The Morgan fingerprint density at radius 1 is 1.44 bits per heavy atom. The molecule has 2 atom stereocenters. The highest BCUT2D eigenvalue weighted by Crippen LogP contribution is 2.36. The SMILES string of the molecule is CN[C@H](C)[C@H](C)c1ccsc1CCC1CC1. The molecule has 1 aromatic heterocycles. The van der Waals surface area contributed by atoms with Crippen molar-refractivity contribution in [3.8, 4) is 0 Å². The van der Waals surface area contributed by atoms with Gasteiger partial charge < -0.3 is 5.32 Å². The van der Waals surface area contributed by atoms with Gasteiger partial charge in [0.05, 0.1) is 0 Å². The van der Waals surface area contributed by atoms with Crippen LogP contribution < -0.4 is 5.32 Å². The highest BCUT2D eigenvalue weighted by molar-refractivity contribution is 7.10. The molecule has 0 aliphatic heterocycles. The lowest BCUT2D eigenvalue weighted by Gasteiger charge is -2.20. The lowest BCUT2D eigenvalue weighted by molar-refractivity contribution is 0.521. The van der Waals surface area contributed by atoms with Crippen LogP contribution in [0.15, 0.2) is 11.4 Å². The topological polar surface area (TPSA) is 12.0 Å². The first kappa shape index (κ1) is 12.1. The molecule has 0 bridgehead atoms. The van der Waals surface area contributed by atoms with Gasteiger partial charge in [-0.05, 0) is 55.7 Å². The first-order chi connectivity index (χ1) is 7.72. The maximum absolute atomic E-state index is 3.36. The Morgan fingerprint density at radius 3 is 2.81 bits per heavy atom. The molecule has 0 unspecified atom stereocenters. The number of hydrogen-bond acceptors (Lipinski definition) is 2. The van der Waals surface area contributed by atoms with Gasteiger partial charge in [-0.15, -0.1) is 11.3 Å². The van der Waals surface area contributed by atoms with E-state index in [0.717, 1.165) is 5.92 Å². The van der Waals surface area contributed by atoms with Crippen LogP contribution in [0, 0.1) is 5.92 Å². The van der Waals surface area contributed by atoms with Gasteiger partial charge in [0, 0.05) is 10.9 Å². The minimum absolute atomic E-state index is 0.564. The summed E-state index contributed by atoms with van der Waals surface area (Å²) < 4.78 is 0. The summed E-state index contributed by atoms with van der Waals surface area (Å²) in [7, 11) is 2.05. The zero-order chi connectivity index (χ0) is 11.5. The Labute approximate surface area is 103 Å². The number of aryl methyl sites for hydroxylation is 1. The zero-order valence-corrected chi connectivity index (χ0v) is 11.4. The molecule has 0 saturated heterocycles. The third kappa shape index (κ3) is 2.86. The van der Waals surface area contributed by atoms with Gasteiger partial charge in [0.15, 0.2) is 0 Å². The Bertz CT molecular complexity index is 327. The van der Waals surface area contributed by atoms with Crippen molar-refractivity contribution in [2.45, 2.75) is 51.5 Å². The molecule has 90 valence electrons. The summed E-state index contributed by atoms with van der Waals surface area (Å²) in [5, 5.41) is 5.62. The second kappa shape index (κ2) is 5.33. The fraction of sp³-hybridized carbons (Fsp3) is 0.714. The molecule has 1 nitrogen and oxygen atoms in total. The van der Waals surface area contributed by atoms with E-state index in [0.29, 0.717) is 12.0 Å². The lowest BCUT2D eigenvalue weighted by atomic mass is 9.93. The van der Waals surface area contributed by atoms with E-state index in [2.05, 4.69) is 37.7 Å². The Hall–Kier alpha value is -0.340. The third-order valence-electron chi connectivity index (χ3n) is 3.95. The zero-order valence-electron chi connectivity index (χ0n) is 10.6. The van der Waals surface area contributed by atoms with Gasteiger partial charge >= 0.3 is 0 Å². The first-order valence-electron chi connectivity index (χ1n) is 6.46. The van der Waals surface area contributed by atoms with Crippen molar-refractivity contribution in [3.63, 3.8) is 0 Å². The molecule has 1 aromatic rings. The Kier molecular flexibility index (Phi) is 4.04. The van der Waals surface area contributed by atoms with E-state index in [9.17, 15) is 0 Å². The average molecular weight is 237 g/mol. The summed E-state index contributed by atoms with van der Waals surface area (Å²) in [5.41, 5.74) is 1.58. The number of likely N-dealkylation sites (N-methyl/N-ethyl adjacent to an activating group) is 1. The van der Waals surface area contributed by atoms with Crippen LogP contribution in [0.3, 0.4) is 0 Å². The molecular formula is C14H23NS. The first-order valence-corrected chi connectivity index (χ1v) is 7.34. The number of rotatable bonds is 6.